The van der Waals surface area contributed by atoms with E-state index < -0.39 is 0 Å². The highest BCUT2D eigenvalue weighted by atomic mass is 16.5. The van der Waals surface area contributed by atoms with Crippen molar-refractivity contribution in [2.24, 2.45) is 11.7 Å². The van der Waals surface area contributed by atoms with Gasteiger partial charge < -0.3 is 15.2 Å². The normalized spacial score (nSPS) is 18.7. The number of likely N-dealkylation sites (tertiary alicyclic amines) is 1. The smallest absolute Gasteiger partial charge is 0.236 e. The van der Waals surface area contributed by atoms with Crippen molar-refractivity contribution in [1.29, 1.82) is 0 Å². The molecule has 1 saturated heterocycles. The van der Waals surface area contributed by atoms with E-state index in [1.54, 1.807) is 4.90 Å². The Bertz CT molecular complexity index is 535. The highest BCUT2D eigenvalue weighted by Gasteiger charge is 2.27. The van der Waals surface area contributed by atoms with Crippen LogP contribution in [0, 0.1) is 19.8 Å². The van der Waals surface area contributed by atoms with Gasteiger partial charge in [0.05, 0.1) is 18.2 Å². The fourth-order valence-corrected chi connectivity index (χ4v) is 2.82. The second-order valence-corrected chi connectivity index (χ2v) is 6.06. The van der Waals surface area contributed by atoms with Crippen LogP contribution in [0.15, 0.2) is 4.52 Å². The van der Waals surface area contributed by atoms with Gasteiger partial charge in [-0.05, 0) is 33.7 Å². The van der Waals surface area contributed by atoms with Crippen molar-refractivity contribution >= 4 is 11.8 Å². The van der Waals surface area contributed by atoms with Crippen molar-refractivity contribution in [3.05, 3.63) is 17.0 Å². The molecule has 2 heterocycles. The molecular formula is C15H24N4O3. The van der Waals surface area contributed by atoms with Crippen molar-refractivity contribution in [1.82, 2.24) is 15.0 Å². The monoisotopic (exact) mass is 308 g/mol. The molecule has 0 aromatic carbocycles. The average Bonchev–Trinajstić information content (AvgIpc) is 2.79. The number of aryl methyl sites for hydroxylation is 2. The van der Waals surface area contributed by atoms with Crippen LogP contribution in [0.1, 0.15) is 29.9 Å². The maximum atomic E-state index is 12.4. The number of hydrogen-bond acceptors (Lipinski definition) is 5. The van der Waals surface area contributed by atoms with Gasteiger partial charge in [0.15, 0.2) is 0 Å². The lowest BCUT2D eigenvalue weighted by atomic mass is 9.97. The fourth-order valence-electron chi connectivity index (χ4n) is 2.82. The molecule has 2 amide bonds. The summed E-state index contributed by atoms with van der Waals surface area (Å²) in [4.78, 5) is 27.3. The summed E-state index contributed by atoms with van der Waals surface area (Å²) in [5.41, 5.74) is 7.22. The van der Waals surface area contributed by atoms with Crippen molar-refractivity contribution in [2.45, 2.75) is 33.2 Å². The van der Waals surface area contributed by atoms with Gasteiger partial charge in [-0.3, -0.25) is 14.5 Å². The van der Waals surface area contributed by atoms with Crippen LogP contribution in [-0.2, 0) is 16.1 Å². The number of nitrogens with zero attached hydrogens (tertiary/aromatic N) is 3. The summed E-state index contributed by atoms with van der Waals surface area (Å²) in [5, 5.41) is 3.92. The Morgan fingerprint density at radius 2 is 2.18 bits per heavy atom. The van der Waals surface area contributed by atoms with Gasteiger partial charge in [0.2, 0.25) is 11.8 Å². The Kier molecular flexibility index (Phi) is 5.18. The van der Waals surface area contributed by atoms with E-state index >= 15 is 0 Å². The van der Waals surface area contributed by atoms with Crippen LogP contribution in [0.25, 0.3) is 0 Å². The third-order valence-electron chi connectivity index (χ3n) is 4.19. The van der Waals surface area contributed by atoms with E-state index in [9.17, 15) is 9.59 Å². The minimum atomic E-state index is -0.318. The zero-order valence-corrected chi connectivity index (χ0v) is 13.5. The van der Waals surface area contributed by atoms with Gasteiger partial charge in [-0.25, -0.2) is 0 Å². The van der Waals surface area contributed by atoms with Crippen molar-refractivity contribution in [3.63, 3.8) is 0 Å². The number of carbonyl (C=O) groups is 2. The molecule has 1 fully saturated rings. The Morgan fingerprint density at radius 1 is 1.45 bits per heavy atom. The third kappa shape index (κ3) is 3.85. The van der Waals surface area contributed by atoms with Crippen molar-refractivity contribution in [3.8, 4) is 0 Å². The number of hydrogen-bond donors (Lipinski definition) is 1. The molecule has 22 heavy (non-hydrogen) atoms. The van der Waals surface area contributed by atoms with E-state index in [0.717, 1.165) is 29.9 Å². The molecule has 7 heteroatoms. The van der Waals surface area contributed by atoms with Gasteiger partial charge in [0.1, 0.15) is 5.76 Å². The molecule has 0 radical (unpaired) electrons. The van der Waals surface area contributed by atoms with Crippen LogP contribution in [0.3, 0.4) is 0 Å². The predicted octanol–water partition coefficient (Wildman–Crippen LogP) is 0.447. The van der Waals surface area contributed by atoms with E-state index in [-0.39, 0.29) is 17.7 Å². The molecule has 2 rings (SSSR count). The first-order chi connectivity index (χ1) is 10.4. The number of aromatic nitrogens is 1. The van der Waals surface area contributed by atoms with E-state index in [2.05, 4.69) is 5.16 Å². The Morgan fingerprint density at radius 3 is 2.77 bits per heavy atom. The maximum Gasteiger partial charge on any atom is 0.236 e. The highest BCUT2D eigenvalue weighted by molar-refractivity contribution is 5.81. The zero-order chi connectivity index (χ0) is 16.3. The van der Waals surface area contributed by atoms with Gasteiger partial charge in [-0.2, -0.15) is 0 Å². The minimum absolute atomic E-state index is 0.0280. The molecule has 0 aliphatic carbocycles. The summed E-state index contributed by atoms with van der Waals surface area (Å²) in [6.07, 6.45) is 1.60. The molecule has 1 aromatic rings. The molecular weight excluding hydrogens is 284 g/mol. The summed E-state index contributed by atoms with van der Waals surface area (Å²) in [7, 11) is 1.89. The van der Waals surface area contributed by atoms with Crippen LogP contribution in [0.2, 0.25) is 0 Å². The molecule has 0 unspecified atom stereocenters. The molecule has 0 saturated carbocycles. The summed E-state index contributed by atoms with van der Waals surface area (Å²) < 4.78 is 5.13. The second-order valence-electron chi connectivity index (χ2n) is 6.06. The highest BCUT2D eigenvalue weighted by Crippen LogP contribution is 2.17. The molecule has 2 N–H and O–H groups in total. The standard InChI is InChI=1S/C15H24N4O3/c1-10-13(11(2)22-17-10)8-18(3)9-14(20)19-6-4-5-12(7-19)15(16)21/h12H,4-9H2,1-3H3,(H2,16,21)/t12-/m0/s1. The van der Waals surface area contributed by atoms with Gasteiger partial charge in [-0.15, -0.1) is 0 Å². The lowest BCUT2D eigenvalue weighted by Crippen LogP contribution is -2.47. The number of likely N-dealkylation sites (N-methyl/N-ethyl adjacent to an activating group) is 1. The SMILES string of the molecule is Cc1noc(C)c1CN(C)CC(=O)N1CCC[C@H](C(N)=O)C1. The summed E-state index contributed by atoms with van der Waals surface area (Å²) in [6.45, 7) is 5.81. The van der Waals surface area contributed by atoms with E-state index in [4.69, 9.17) is 10.3 Å². The average molecular weight is 308 g/mol. The van der Waals surface area contributed by atoms with Crippen molar-refractivity contribution < 1.29 is 14.1 Å². The number of primary amides is 1. The molecule has 1 aliphatic rings. The predicted molar refractivity (Wildman–Crippen MR) is 80.8 cm³/mol. The summed E-state index contributed by atoms with van der Waals surface area (Å²) >= 11 is 0. The van der Waals surface area contributed by atoms with Gasteiger partial charge in [0, 0.05) is 25.2 Å². The van der Waals surface area contributed by atoms with Crippen LogP contribution in [0.4, 0.5) is 0 Å². The number of carbonyl (C=O) groups excluding carboxylic acids is 2. The summed E-state index contributed by atoms with van der Waals surface area (Å²) in [5.74, 6) is 0.274. The molecule has 0 bridgehead atoms. The van der Waals surface area contributed by atoms with Gasteiger partial charge in [-0.1, -0.05) is 5.16 Å². The lowest BCUT2D eigenvalue weighted by Gasteiger charge is -2.32. The number of nitrogens with two attached hydrogens (primary N) is 1. The molecule has 122 valence electrons. The molecule has 0 spiro atoms. The number of rotatable bonds is 5. The second kappa shape index (κ2) is 6.91. The Hall–Kier alpha value is -1.89. The first kappa shape index (κ1) is 16.5. The first-order valence-electron chi connectivity index (χ1n) is 7.56. The van der Waals surface area contributed by atoms with Crippen molar-refractivity contribution in [2.75, 3.05) is 26.7 Å². The quantitative estimate of drug-likeness (QED) is 0.852. The minimum Gasteiger partial charge on any atom is -0.369 e. The van der Waals surface area contributed by atoms with Gasteiger partial charge in [0.25, 0.3) is 0 Å². The van der Waals surface area contributed by atoms with E-state index in [0.29, 0.717) is 26.2 Å². The molecule has 1 aliphatic heterocycles. The lowest BCUT2D eigenvalue weighted by molar-refractivity contribution is -0.135. The third-order valence-corrected chi connectivity index (χ3v) is 4.19. The Labute approximate surface area is 130 Å². The van der Waals surface area contributed by atoms with E-state index in [1.165, 1.54) is 0 Å². The zero-order valence-electron chi connectivity index (χ0n) is 13.5. The topological polar surface area (TPSA) is 92.7 Å². The fraction of sp³-hybridized carbons (Fsp3) is 0.667. The van der Waals surface area contributed by atoms with Gasteiger partial charge >= 0.3 is 0 Å². The van der Waals surface area contributed by atoms with E-state index in [1.807, 2.05) is 25.8 Å². The van der Waals surface area contributed by atoms with Crippen LogP contribution >= 0.6 is 0 Å². The summed E-state index contributed by atoms with van der Waals surface area (Å²) in [6, 6.07) is 0. The maximum absolute atomic E-state index is 12.4. The number of piperidine rings is 1. The van der Waals surface area contributed by atoms with Crippen LogP contribution in [-0.4, -0.2) is 53.5 Å². The largest absolute Gasteiger partial charge is 0.369 e. The molecule has 1 atom stereocenters. The first-order valence-corrected chi connectivity index (χ1v) is 7.56. The van der Waals surface area contributed by atoms with Crippen LogP contribution in [0.5, 0.6) is 0 Å². The molecule has 7 nitrogen and oxygen atoms in total. The molecule has 1 aromatic heterocycles. The Balaban J connectivity index is 1.89. The van der Waals surface area contributed by atoms with Crippen LogP contribution < -0.4 is 5.73 Å². The number of amides is 2.